The number of H-pyrrole nitrogens is 1. The molecule has 7 heteroatoms. The number of hydrogen-bond donors (Lipinski definition) is 2. The highest BCUT2D eigenvalue weighted by atomic mass is 16.4. The number of rotatable bonds is 4. The van der Waals surface area contributed by atoms with Crippen molar-refractivity contribution in [1.82, 2.24) is 14.5 Å². The van der Waals surface area contributed by atoms with Crippen LogP contribution in [-0.2, 0) is 6.42 Å². The maximum absolute atomic E-state index is 13.2. The van der Waals surface area contributed by atoms with Gasteiger partial charge in [0.05, 0.1) is 28.7 Å². The summed E-state index contributed by atoms with van der Waals surface area (Å²) in [6.45, 7) is 1.71. The molecule has 0 fully saturated rings. The summed E-state index contributed by atoms with van der Waals surface area (Å²) in [5.41, 5.74) is 1.58. The molecule has 2 aromatic carbocycles. The van der Waals surface area contributed by atoms with Crippen molar-refractivity contribution in [3.8, 4) is 11.8 Å². The summed E-state index contributed by atoms with van der Waals surface area (Å²) in [5, 5.41) is 9.37. The van der Waals surface area contributed by atoms with Crippen LogP contribution in [0.1, 0.15) is 40.1 Å². The normalized spacial score (nSPS) is 11.5. The van der Waals surface area contributed by atoms with Crippen LogP contribution in [0.15, 0.2) is 76.4 Å². The number of aromatic nitrogens is 3. The van der Waals surface area contributed by atoms with Gasteiger partial charge in [0.2, 0.25) is 0 Å². The van der Waals surface area contributed by atoms with Crippen molar-refractivity contribution in [3.05, 3.63) is 110 Å². The molecule has 0 radical (unpaired) electrons. The Labute approximate surface area is 183 Å². The summed E-state index contributed by atoms with van der Waals surface area (Å²) in [6.07, 6.45) is 1.99. The fourth-order valence-electron chi connectivity index (χ4n) is 3.44. The van der Waals surface area contributed by atoms with Gasteiger partial charge in [0.25, 0.3) is 5.56 Å². The lowest BCUT2D eigenvalue weighted by molar-refractivity contribution is 0.0697. The third-order valence-corrected chi connectivity index (χ3v) is 5.19. The number of carboxylic acid groups (broad SMARTS) is 1. The van der Waals surface area contributed by atoms with E-state index in [4.69, 9.17) is 5.11 Å². The molecule has 0 bridgehead atoms. The molecule has 0 spiro atoms. The Morgan fingerprint density at radius 1 is 1.12 bits per heavy atom. The van der Waals surface area contributed by atoms with E-state index in [1.807, 2.05) is 30.3 Å². The van der Waals surface area contributed by atoms with E-state index in [2.05, 4.69) is 21.8 Å². The second-order valence-electron chi connectivity index (χ2n) is 7.29. The van der Waals surface area contributed by atoms with Gasteiger partial charge in [-0.3, -0.25) is 9.36 Å². The maximum Gasteiger partial charge on any atom is 0.335 e. The van der Waals surface area contributed by atoms with Crippen molar-refractivity contribution in [2.24, 2.45) is 0 Å². The Balaban J connectivity index is 1.70. The summed E-state index contributed by atoms with van der Waals surface area (Å²) >= 11 is 0. The lowest BCUT2D eigenvalue weighted by Gasteiger charge is -2.15. The Bertz CT molecular complexity index is 1470. The lowest BCUT2D eigenvalue weighted by Crippen LogP contribution is -2.37. The largest absolute Gasteiger partial charge is 0.478 e. The second-order valence-corrected chi connectivity index (χ2v) is 7.29. The molecule has 0 aliphatic rings. The Hall–Kier alpha value is -4.44. The van der Waals surface area contributed by atoms with Crippen molar-refractivity contribution in [1.29, 1.82) is 0 Å². The van der Waals surface area contributed by atoms with Gasteiger partial charge < -0.3 is 10.1 Å². The minimum Gasteiger partial charge on any atom is -0.478 e. The van der Waals surface area contributed by atoms with Crippen LogP contribution in [0.2, 0.25) is 0 Å². The number of fused-ring (bicyclic) bond motifs is 1. The van der Waals surface area contributed by atoms with Crippen LogP contribution in [0.4, 0.5) is 0 Å². The monoisotopic (exact) mass is 425 g/mol. The molecule has 0 saturated carbocycles. The van der Waals surface area contributed by atoms with Crippen molar-refractivity contribution < 1.29 is 9.90 Å². The van der Waals surface area contributed by atoms with E-state index in [0.717, 1.165) is 10.1 Å². The first-order valence-electron chi connectivity index (χ1n) is 9.94. The van der Waals surface area contributed by atoms with Crippen LogP contribution < -0.4 is 11.2 Å². The summed E-state index contributed by atoms with van der Waals surface area (Å²) in [7, 11) is 0. The predicted molar refractivity (Wildman–Crippen MR) is 121 cm³/mol. The molecule has 0 amide bonds. The molecule has 2 N–H and O–H groups in total. The van der Waals surface area contributed by atoms with Gasteiger partial charge in [-0.2, -0.15) is 0 Å². The number of pyridine rings is 1. The highest BCUT2D eigenvalue weighted by Gasteiger charge is 2.16. The van der Waals surface area contributed by atoms with Gasteiger partial charge in [0.1, 0.15) is 5.69 Å². The van der Waals surface area contributed by atoms with Crippen LogP contribution in [0.25, 0.3) is 10.9 Å². The van der Waals surface area contributed by atoms with Gasteiger partial charge in [0.15, 0.2) is 0 Å². The Morgan fingerprint density at radius 3 is 2.53 bits per heavy atom. The molecule has 0 aliphatic carbocycles. The number of aromatic carboxylic acids is 1. The molecule has 2 heterocycles. The van der Waals surface area contributed by atoms with Crippen molar-refractivity contribution in [2.75, 3.05) is 0 Å². The number of aromatic amines is 1. The standard InChI is InChI=1S/C25H19N3O4/c1-16(18-10-12-19(13-11-18)24(30)31)28-23(29)21-14-20(26-15-22(21)27-25(28)32)9-5-8-17-6-3-2-4-7-17/h2-4,6-7,10-16H,8H2,1H3,(H,27,32)(H,30,31). The van der Waals surface area contributed by atoms with E-state index in [1.54, 1.807) is 25.1 Å². The average Bonchev–Trinajstić information content (AvgIpc) is 2.80. The lowest BCUT2D eigenvalue weighted by atomic mass is 10.1. The first-order chi connectivity index (χ1) is 15.4. The Kier molecular flexibility index (Phi) is 5.69. The zero-order valence-electron chi connectivity index (χ0n) is 17.2. The van der Waals surface area contributed by atoms with Crippen LogP contribution in [0.3, 0.4) is 0 Å². The second kappa shape index (κ2) is 8.74. The van der Waals surface area contributed by atoms with Gasteiger partial charge in [-0.05, 0) is 42.2 Å². The molecule has 2 aromatic heterocycles. The number of carboxylic acids is 1. The van der Waals surface area contributed by atoms with Gasteiger partial charge >= 0.3 is 11.7 Å². The van der Waals surface area contributed by atoms with Crippen molar-refractivity contribution in [3.63, 3.8) is 0 Å². The van der Waals surface area contributed by atoms with Crippen LogP contribution in [0, 0.1) is 11.8 Å². The molecule has 1 atom stereocenters. The molecule has 32 heavy (non-hydrogen) atoms. The van der Waals surface area contributed by atoms with E-state index in [1.165, 1.54) is 18.3 Å². The maximum atomic E-state index is 13.2. The van der Waals surface area contributed by atoms with Crippen molar-refractivity contribution in [2.45, 2.75) is 19.4 Å². The number of carbonyl (C=O) groups is 1. The third kappa shape index (κ3) is 4.20. The fraction of sp³-hybridized carbons (Fsp3) is 0.120. The Morgan fingerprint density at radius 2 is 1.84 bits per heavy atom. The highest BCUT2D eigenvalue weighted by Crippen LogP contribution is 2.16. The number of hydrogen-bond acceptors (Lipinski definition) is 4. The third-order valence-electron chi connectivity index (χ3n) is 5.19. The van der Waals surface area contributed by atoms with E-state index in [9.17, 15) is 14.4 Å². The van der Waals surface area contributed by atoms with Gasteiger partial charge in [-0.25, -0.2) is 14.6 Å². The number of nitrogens with zero attached hydrogens (tertiary/aromatic N) is 2. The van der Waals surface area contributed by atoms with Crippen LogP contribution >= 0.6 is 0 Å². The van der Waals surface area contributed by atoms with Gasteiger partial charge in [-0.15, -0.1) is 0 Å². The predicted octanol–water partition coefficient (Wildman–Crippen LogP) is 2.99. The quantitative estimate of drug-likeness (QED) is 0.489. The summed E-state index contributed by atoms with van der Waals surface area (Å²) < 4.78 is 1.11. The minimum absolute atomic E-state index is 0.130. The molecule has 1 unspecified atom stereocenters. The van der Waals surface area contributed by atoms with Crippen molar-refractivity contribution >= 4 is 16.9 Å². The van der Waals surface area contributed by atoms with Gasteiger partial charge in [0, 0.05) is 6.42 Å². The molecule has 158 valence electrons. The number of nitrogens with one attached hydrogen (secondary N) is 1. The van der Waals surface area contributed by atoms with Crippen LogP contribution in [0.5, 0.6) is 0 Å². The molecular weight excluding hydrogens is 406 g/mol. The van der Waals surface area contributed by atoms with E-state index in [0.29, 0.717) is 28.6 Å². The summed E-state index contributed by atoms with van der Waals surface area (Å²) in [4.78, 5) is 43.8. The highest BCUT2D eigenvalue weighted by molar-refractivity contribution is 5.87. The molecule has 0 aliphatic heterocycles. The zero-order valence-corrected chi connectivity index (χ0v) is 17.2. The first kappa shape index (κ1) is 20.8. The van der Waals surface area contributed by atoms with Gasteiger partial charge in [-0.1, -0.05) is 48.4 Å². The number of benzene rings is 2. The zero-order chi connectivity index (χ0) is 22.7. The molecule has 0 saturated heterocycles. The summed E-state index contributed by atoms with van der Waals surface area (Å²) in [6, 6.07) is 16.8. The van der Waals surface area contributed by atoms with E-state index in [-0.39, 0.29) is 5.56 Å². The molecule has 7 nitrogen and oxygen atoms in total. The molecule has 4 aromatic rings. The van der Waals surface area contributed by atoms with Crippen LogP contribution in [-0.4, -0.2) is 25.6 Å². The minimum atomic E-state index is -1.04. The fourth-order valence-corrected chi connectivity index (χ4v) is 3.44. The summed E-state index contributed by atoms with van der Waals surface area (Å²) in [5.74, 6) is 4.97. The smallest absolute Gasteiger partial charge is 0.335 e. The SMILES string of the molecule is CC(c1ccc(C(=O)O)cc1)n1c(=O)[nH]c2cnc(C#CCc3ccccc3)cc2c1=O. The average molecular weight is 425 g/mol. The first-order valence-corrected chi connectivity index (χ1v) is 9.94. The topological polar surface area (TPSA) is 105 Å². The van der Waals surface area contributed by atoms with E-state index < -0.39 is 23.3 Å². The molecular formula is C25H19N3O4. The molecule has 4 rings (SSSR count). The van der Waals surface area contributed by atoms with E-state index >= 15 is 0 Å².